The lowest BCUT2D eigenvalue weighted by molar-refractivity contribution is -0.385. The molecule has 7 heteroatoms. The maximum atomic E-state index is 12.0. The van der Waals surface area contributed by atoms with E-state index in [1.165, 1.54) is 36.7 Å². The van der Waals surface area contributed by atoms with Crippen LogP contribution in [-0.4, -0.2) is 15.2 Å². The highest BCUT2D eigenvalue weighted by Crippen LogP contribution is 2.62. The molecule has 3 aliphatic rings. The topological polar surface area (TPSA) is 76.0 Å². The van der Waals surface area contributed by atoms with Crippen LogP contribution in [0.3, 0.4) is 0 Å². The van der Waals surface area contributed by atoms with E-state index in [2.05, 4.69) is 11.1 Å². The molecule has 0 radical (unpaired) electrons. The Morgan fingerprint density at radius 3 is 2.88 bits per heavy atom. The van der Waals surface area contributed by atoms with E-state index in [4.69, 9.17) is 0 Å². The van der Waals surface area contributed by atoms with Gasteiger partial charge in [-0.1, -0.05) is 35.6 Å². The standard InChI is InChI=1S/C19H18N2O3S2/c22-19-20-18-17(26-19)13(15-11-5-6-12(9-11)16(15)25-18)8-7-10-3-1-2-4-14(10)21(23)24/h1-4,7-8,11-13,15-16H,5-6,9H2,(H,20,22)/b8-7+/t11-,12-,13-,15-,16+/m1/s1. The summed E-state index contributed by atoms with van der Waals surface area (Å²) in [4.78, 5) is 27.0. The number of nitrogens with zero attached hydrogens (tertiary/aromatic N) is 1. The number of hydrogen-bond acceptors (Lipinski definition) is 5. The predicted octanol–water partition coefficient (Wildman–Crippen LogP) is 4.66. The third kappa shape index (κ3) is 2.48. The summed E-state index contributed by atoms with van der Waals surface area (Å²) in [5.74, 6) is 2.17. The summed E-state index contributed by atoms with van der Waals surface area (Å²) in [6.45, 7) is 0. The lowest BCUT2D eigenvalue weighted by atomic mass is 9.77. The van der Waals surface area contributed by atoms with Crippen LogP contribution in [0.4, 0.5) is 5.69 Å². The van der Waals surface area contributed by atoms with Gasteiger partial charge in [-0.3, -0.25) is 14.9 Å². The molecule has 1 aromatic carbocycles. The number of allylic oxidation sites excluding steroid dienone is 1. The number of H-pyrrole nitrogens is 1. The van der Waals surface area contributed by atoms with Gasteiger partial charge in [-0.15, -0.1) is 11.8 Å². The molecule has 2 aromatic rings. The Morgan fingerprint density at radius 1 is 1.23 bits per heavy atom. The largest absolute Gasteiger partial charge is 0.307 e. The Hall–Kier alpha value is -1.86. The average Bonchev–Trinajstić information content (AvgIpc) is 3.32. The van der Waals surface area contributed by atoms with Crippen LogP contribution in [0.5, 0.6) is 0 Å². The van der Waals surface area contributed by atoms with Gasteiger partial charge in [-0.05, 0) is 43.1 Å². The second-order valence-electron chi connectivity index (χ2n) is 7.40. The van der Waals surface area contributed by atoms with E-state index >= 15 is 0 Å². The van der Waals surface area contributed by atoms with Crippen molar-refractivity contribution >= 4 is 34.9 Å². The van der Waals surface area contributed by atoms with Crippen LogP contribution in [0.15, 0.2) is 40.2 Å². The van der Waals surface area contributed by atoms with E-state index < -0.39 is 0 Å². The maximum absolute atomic E-state index is 12.0. The zero-order valence-corrected chi connectivity index (χ0v) is 15.6. The monoisotopic (exact) mass is 386 g/mol. The van der Waals surface area contributed by atoms with Crippen LogP contribution in [0.25, 0.3) is 6.08 Å². The number of aromatic nitrogens is 1. The second-order valence-corrected chi connectivity index (χ2v) is 9.60. The van der Waals surface area contributed by atoms with Gasteiger partial charge in [-0.25, -0.2) is 0 Å². The number of fused-ring (bicyclic) bond motifs is 6. The van der Waals surface area contributed by atoms with E-state index in [9.17, 15) is 14.9 Å². The van der Waals surface area contributed by atoms with E-state index in [1.807, 2.05) is 23.9 Å². The molecule has 1 aromatic heterocycles. The Balaban J connectivity index is 1.56. The van der Waals surface area contributed by atoms with Gasteiger partial charge in [0.1, 0.15) is 0 Å². The highest BCUT2D eigenvalue weighted by molar-refractivity contribution is 8.00. The molecule has 1 aliphatic heterocycles. The molecule has 0 amide bonds. The van der Waals surface area contributed by atoms with Crippen molar-refractivity contribution in [1.82, 2.24) is 4.98 Å². The summed E-state index contributed by atoms with van der Waals surface area (Å²) in [6.07, 6.45) is 7.86. The first-order chi connectivity index (χ1) is 12.6. The smallest absolute Gasteiger partial charge is 0.305 e. The van der Waals surface area contributed by atoms with Gasteiger partial charge in [0, 0.05) is 22.1 Å². The Bertz CT molecular complexity index is 964. The summed E-state index contributed by atoms with van der Waals surface area (Å²) in [5.41, 5.74) is 0.751. The van der Waals surface area contributed by atoms with E-state index in [0.29, 0.717) is 22.6 Å². The minimum absolute atomic E-state index is 0.00101. The Morgan fingerprint density at radius 2 is 2.04 bits per heavy atom. The number of nitro benzene ring substituents is 1. The van der Waals surface area contributed by atoms with Crippen LogP contribution < -0.4 is 4.87 Å². The molecule has 0 spiro atoms. The minimum Gasteiger partial charge on any atom is -0.307 e. The molecule has 134 valence electrons. The fraction of sp³-hybridized carbons (Fsp3) is 0.421. The van der Waals surface area contributed by atoms with Gasteiger partial charge in [0.15, 0.2) is 0 Å². The molecular weight excluding hydrogens is 368 g/mol. The molecule has 0 unspecified atom stereocenters. The molecule has 2 saturated carbocycles. The third-order valence-electron chi connectivity index (χ3n) is 6.13. The van der Waals surface area contributed by atoms with Gasteiger partial charge < -0.3 is 4.98 Å². The van der Waals surface area contributed by atoms with Crippen LogP contribution in [-0.2, 0) is 0 Å². The minimum atomic E-state index is -0.336. The molecule has 5 atom stereocenters. The van der Waals surface area contributed by atoms with Gasteiger partial charge in [0.2, 0.25) is 0 Å². The van der Waals surface area contributed by atoms with Crippen LogP contribution >= 0.6 is 23.1 Å². The SMILES string of the molecule is O=c1[nH]c2c(s1)[C@H](/C=C/c1ccccc1[N+](=O)[O-])[C@H]1[C@@H]3CC[C@H](C3)[C@@H]1S2. The predicted molar refractivity (Wildman–Crippen MR) is 104 cm³/mol. The average molecular weight is 386 g/mol. The molecule has 1 N–H and O–H groups in total. The summed E-state index contributed by atoms with van der Waals surface area (Å²) in [7, 11) is 0. The van der Waals surface area contributed by atoms with Crippen molar-refractivity contribution in [3.05, 3.63) is 60.6 Å². The number of hydrogen-bond donors (Lipinski definition) is 1. The zero-order valence-electron chi connectivity index (χ0n) is 14.0. The lowest BCUT2D eigenvalue weighted by Gasteiger charge is -2.38. The number of thioether (sulfide) groups is 1. The first kappa shape index (κ1) is 16.3. The summed E-state index contributed by atoms with van der Waals surface area (Å²) >= 11 is 3.16. The second kappa shape index (κ2) is 6.09. The molecular formula is C19H18N2O3S2. The molecule has 2 bridgehead atoms. The van der Waals surface area contributed by atoms with Gasteiger partial charge in [0.25, 0.3) is 5.69 Å². The van der Waals surface area contributed by atoms with Crippen molar-refractivity contribution in [3.8, 4) is 0 Å². The van der Waals surface area contributed by atoms with Crippen LogP contribution in [0.1, 0.15) is 35.6 Å². The highest BCUT2D eigenvalue weighted by atomic mass is 32.2. The van der Waals surface area contributed by atoms with Gasteiger partial charge in [-0.2, -0.15) is 0 Å². The van der Waals surface area contributed by atoms with Crippen molar-refractivity contribution in [2.45, 2.75) is 35.5 Å². The van der Waals surface area contributed by atoms with E-state index in [0.717, 1.165) is 15.8 Å². The number of aromatic amines is 1. The number of rotatable bonds is 3. The van der Waals surface area contributed by atoms with Crippen molar-refractivity contribution in [3.63, 3.8) is 0 Å². The van der Waals surface area contributed by atoms with Crippen molar-refractivity contribution in [1.29, 1.82) is 0 Å². The highest BCUT2D eigenvalue weighted by Gasteiger charge is 2.53. The molecule has 0 saturated heterocycles. The molecule has 26 heavy (non-hydrogen) atoms. The molecule has 2 aliphatic carbocycles. The normalized spacial score (nSPS) is 31.9. The van der Waals surface area contributed by atoms with Gasteiger partial charge in [0.05, 0.1) is 15.5 Å². The zero-order chi connectivity index (χ0) is 17.8. The number of para-hydroxylation sites is 1. The fourth-order valence-electron chi connectivity index (χ4n) is 5.12. The van der Waals surface area contributed by atoms with Crippen LogP contribution in [0, 0.1) is 27.9 Å². The van der Waals surface area contributed by atoms with Crippen molar-refractivity contribution in [2.75, 3.05) is 0 Å². The molecule has 2 fully saturated rings. The summed E-state index contributed by atoms with van der Waals surface area (Å²) < 4.78 is 0. The quantitative estimate of drug-likeness (QED) is 0.615. The Kier molecular flexibility index (Phi) is 3.83. The van der Waals surface area contributed by atoms with E-state index in [-0.39, 0.29) is 21.4 Å². The van der Waals surface area contributed by atoms with Crippen molar-refractivity contribution < 1.29 is 4.92 Å². The van der Waals surface area contributed by atoms with Gasteiger partial charge >= 0.3 is 4.87 Å². The number of nitro groups is 1. The maximum Gasteiger partial charge on any atom is 0.305 e. The Labute approximate surface area is 158 Å². The van der Waals surface area contributed by atoms with Crippen LogP contribution in [0.2, 0.25) is 0 Å². The number of benzene rings is 1. The first-order valence-corrected chi connectivity index (χ1v) is 10.6. The summed E-state index contributed by atoms with van der Waals surface area (Å²) in [5, 5.41) is 12.9. The van der Waals surface area contributed by atoms with Crippen molar-refractivity contribution in [2.24, 2.45) is 17.8 Å². The molecule has 5 nitrogen and oxygen atoms in total. The first-order valence-electron chi connectivity index (χ1n) is 8.93. The lowest BCUT2D eigenvalue weighted by Crippen LogP contribution is -2.32. The number of thiazole rings is 1. The third-order valence-corrected chi connectivity index (χ3v) is 8.77. The molecule has 2 heterocycles. The fourth-order valence-corrected chi connectivity index (χ4v) is 7.98. The number of nitrogens with one attached hydrogen (secondary N) is 1. The van der Waals surface area contributed by atoms with E-state index in [1.54, 1.807) is 12.1 Å². The summed E-state index contributed by atoms with van der Waals surface area (Å²) in [6, 6.07) is 6.83. The molecule has 5 rings (SSSR count).